The lowest BCUT2D eigenvalue weighted by Crippen LogP contribution is -2.59. The van der Waals surface area contributed by atoms with E-state index in [0.717, 1.165) is 11.1 Å². The Morgan fingerprint density at radius 3 is 2.68 bits per heavy atom. The number of hydrogen-bond donors (Lipinski definition) is 3. The second-order valence-electron chi connectivity index (χ2n) is 11.4. The van der Waals surface area contributed by atoms with Crippen LogP contribution in [-0.2, 0) is 25.5 Å². The number of carbonyl (C=O) groups is 1. The van der Waals surface area contributed by atoms with Crippen LogP contribution in [0.5, 0.6) is 0 Å². The smallest absolute Gasteiger partial charge is 0.335 e. The number of aliphatic hydroxyl groups excluding tert-OH is 2. The number of methoxy groups -OCH3 is 1. The summed E-state index contributed by atoms with van der Waals surface area (Å²) in [4.78, 5) is 17.2. The number of cyclic esters (lactones) is 1. The van der Waals surface area contributed by atoms with Gasteiger partial charge in [0, 0.05) is 61.7 Å². The van der Waals surface area contributed by atoms with Gasteiger partial charge in [0.25, 0.3) is 0 Å². The summed E-state index contributed by atoms with van der Waals surface area (Å²) in [6.45, 7) is 8.38. The van der Waals surface area contributed by atoms with E-state index in [1.165, 1.54) is 7.11 Å². The predicted octanol–water partition coefficient (Wildman–Crippen LogP) is 2.40. The number of nitrogens with one attached hydrogen (secondary N) is 1. The second kappa shape index (κ2) is 10.2. The van der Waals surface area contributed by atoms with Gasteiger partial charge in [0.05, 0.1) is 18.3 Å². The summed E-state index contributed by atoms with van der Waals surface area (Å²) in [5, 5.41) is 25.9. The molecule has 5 rings (SSSR count). The van der Waals surface area contributed by atoms with E-state index in [4.69, 9.17) is 14.2 Å². The monoisotopic (exact) mass is 512 g/mol. The Balaban J connectivity index is 1.55. The molecule has 8 heteroatoms. The molecule has 37 heavy (non-hydrogen) atoms. The van der Waals surface area contributed by atoms with Crippen LogP contribution in [-0.4, -0.2) is 70.4 Å². The molecular weight excluding hydrogens is 472 g/mol. The van der Waals surface area contributed by atoms with Crippen LogP contribution < -0.4 is 5.32 Å². The number of pyridine rings is 1. The van der Waals surface area contributed by atoms with Crippen molar-refractivity contribution in [2.24, 2.45) is 29.6 Å². The molecule has 1 aromatic heterocycles. The fourth-order valence-electron chi connectivity index (χ4n) is 7.41. The number of aliphatic hydroxyl groups is 2. The van der Waals surface area contributed by atoms with Crippen LogP contribution in [0.25, 0.3) is 0 Å². The van der Waals surface area contributed by atoms with E-state index in [1.54, 1.807) is 19.3 Å². The fraction of sp³-hybridized carbons (Fsp3) is 0.655. The third kappa shape index (κ3) is 4.36. The van der Waals surface area contributed by atoms with Crippen molar-refractivity contribution in [3.8, 4) is 0 Å². The maximum atomic E-state index is 13.1. The van der Waals surface area contributed by atoms with Gasteiger partial charge in [-0.3, -0.25) is 4.98 Å². The molecule has 3 heterocycles. The van der Waals surface area contributed by atoms with Crippen LogP contribution in [0.1, 0.15) is 39.7 Å². The van der Waals surface area contributed by atoms with Crippen molar-refractivity contribution < 1.29 is 29.2 Å². The zero-order valence-corrected chi connectivity index (χ0v) is 22.3. The molecule has 1 unspecified atom stereocenters. The van der Waals surface area contributed by atoms with Gasteiger partial charge in [-0.2, -0.15) is 0 Å². The van der Waals surface area contributed by atoms with Crippen molar-refractivity contribution >= 4 is 5.97 Å². The molecule has 202 valence electrons. The lowest BCUT2D eigenvalue weighted by molar-refractivity contribution is -0.172. The molecule has 1 saturated heterocycles. The van der Waals surface area contributed by atoms with Crippen molar-refractivity contribution in [2.45, 2.75) is 82.8 Å². The molecular formula is C29H40N2O6. The zero-order chi connectivity index (χ0) is 26.5. The van der Waals surface area contributed by atoms with Crippen molar-refractivity contribution in [3.63, 3.8) is 0 Å². The van der Waals surface area contributed by atoms with Crippen molar-refractivity contribution in [2.75, 3.05) is 7.11 Å². The minimum Gasteiger partial charge on any atom is -0.457 e. The van der Waals surface area contributed by atoms with Gasteiger partial charge >= 0.3 is 5.97 Å². The normalized spacial score (nSPS) is 45.4. The minimum atomic E-state index is -0.844. The minimum absolute atomic E-state index is 0.0337. The highest BCUT2D eigenvalue weighted by molar-refractivity contribution is 5.75. The van der Waals surface area contributed by atoms with Crippen molar-refractivity contribution in [1.82, 2.24) is 10.3 Å². The Kier molecular flexibility index (Phi) is 7.33. The predicted molar refractivity (Wildman–Crippen MR) is 137 cm³/mol. The third-order valence-electron chi connectivity index (χ3n) is 9.25. The van der Waals surface area contributed by atoms with Gasteiger partial charge < -0.3 is 29.7 Å². The van der Waals surface area contributed by atoms with Crippen LogP contribution in [0.15, 0.2) is 48.3 Å². The van der Waals surface area contributed by atoms with Gasteiger partial charge in [-0.05, 0) is 43.5 Å². The number of aromatic nitrogens is 1. The Bertz CT molecular complexity index is 1040. The maximum absolute atomic E-state index is 13.1. The van der Waals surface area contributed by atoms with E-state index >= 15 is 0 Å². The summed E-state index contributed by atoms with van der Waals surface area (Å²) in [6.07, 6.45) is 7.24. The Morgan fingerprint density at radius 1 is 1.27 bits per heavy atom. The summed E-state index contributed by atoms with van der Waals surface area (Å²) in [6, 6.07) is 3.92. The number of hydrogen-bond acceptors (Lipinski definition) is 8. The van der Waals surface area contributed by atoms with E-state index < -0.39 is 36.0 Å². The molecule has 0 amide bonds. The molecule has 0 aromatic carbocycles. The molecule has 2 fully saturated rings. The van der Waals surface area contributed by atoms with Gasteiger partial charge in [-0.1, -0.05) is 32.1 Å². The molecule has 4 bridgehead atoms. The molecule has 4 aliphatic rings. The zero-order valence-electron chi connectivity index (χ0n) is 22.3. The molecule has 1 spiro atoms. The lowest BCUT2D eigenvalue weighted by Gasteiger charge is -2.49. The van der Waals surface area contributed by atoms with Crippen LogP contribution in [0.3, 0.4) is 0 Å². The SMILES string of the molecule is CO[C@H]1C[C@H]2C=C[C@H]3[C@H]4O[C@]2(/C(C)=C/[C@@H](C)[C@@H]([C@@H](C)O)OC1=O)[C@@H]3[C@H](O)C(C)[C@@H]4NCc1ccncc1. The number of rotatable bonds is 5. The Labute approximate surface area is 219 Å². The summed E-state index contributed by atoms with van der Waals surface area (Å²) in [5.74, 6) is -1.05. The first-order valence-corrected chi connectivity index (χ1v) is 13.5. The van der Waals surface area contributed by atoms with Crippen LogP contribution in [0.4, 0.5) is 0 Å². The first-order valence-electron chi connectivity index (χ1n) is 13.5. The Hall–Kier alpha value is -2.10. The molecule has 1 aromatic rings. The van der Waals surface area contributed by atoms with Crippen LogP contribution in [0, 0.1) is 29.6 Å². The third-order valence-corrected chi connectivity index (χ3v) is 9.25. The molecule has 8 nitrogen and oxygen atoms in total. The number of ether oxygens (including phenoxy) is 3. The largest absolute Gasteiger partial charge is 0.457 e. The highest BCUT2D eigenvalue weighted by atomic mass is 16.6. The maximum Gasteiger partial charge on any atom is 0.335 e. The number of carbonyl (C=O) groups excluding carboxylic acids is 1. The van der Waals surface area contributed by atoms with E-state index in [0.29, 0.717) is 13.0 Å². The molecule has 3 N–H and O–H groups in total. The first-order chi connectivity index (χ1) is 17.7. The topological polar surface area (TPSA) is 110 Å². The number of nitrogens with zero attached hydrogens (tertiary/aromatic N) is 1. The summed E-state index contributed by atoms with van der Waals surface area (Å²) in [7, 11) is 1.51. The summed E-state index contributed by atoms with van der Waals surface area (Å²) < 4.78 is 18.5. The standard InChI is InChI=1S/C29H40N2O6/c1-15-12-16(2)29-20(13-22(35-5)28(34)36-26(15)18(4)32)6-7-21-23(29)25(33)17(3)24(27(21)37-29)31-14-19-8-10-30-11-9-19/h6-12,15,17-18,20-27,31-33H,13-14H2,1-5H3/b16-12+/t15-,17?,18-,20-,21-,22+,23+,24+,25-,26+,27-,29+/m1/s1. The van der Waals surface area contributed by atoms with Crippen LogP contribution >= 0.6 is 0 Å². The Morgan fingerprint density at radius 2 is 2.00 bits per heavy atom. The van der Waals surface area contributed by atoms with E-state index in [1.807, 2.05) is 19.1 Å². The molecule has 12 atom stereocenters. The highest BCUT2D eigenvalue weighted by Gasteiger charge is 2.68. The van der Waals surface area contributed by atoms with E-state index in [2.05, 4.69) is 42.4 Å². The lowest BCUT2D eigenvalue weighted by atomic mass is 9.57. The average Bonchev–Trinajstić information content (AvgIpc) is 3.07. The molecule has 1 saturated carbocycles. The van der Waals surface area contributed by atoms with Crippen molar-refractivity contribution in [3.05, 3.63) is 53.9 Å². The van der Waals surface area contributed by atoms with Gasteiger partial charge in [0.2, 0.25) is 0 Å². The fourth-order valence-corrected chi connectivity index (χ4v) is 7.41. The van der Waals surface area contributed by atoms with Gasteiger partial charge in [-0.15, -0.1) is 0 Å². The van der Waals surface area contributed by atoms with Gasteiger partial charge in [0.15, 0.2) is 6.10 Å². The quantitative estimate of drug-likeness (QED) is 0.408. The van der Waals surface area contributed by atoms with Gasteiger partial charge in [-0.25, -0.2) is 4.79 Å². The number of esters is 1. The first kappa shape index (κ1) is 26.5. The summed E-state index contributed by atoms with van der Waals surface area (Å²) in [5.41, 5.74) is 1.35. The second-order valence-corrected chi connectivity index (χ2v) is 11.4. The van der Waals surface area contributed by atoms with Crippen LogP contribution in [0.2, 0.25) is 0 Å². The van der Waals surface area contributed by atoms with Crippen molar-refractivity contribution in [1.29, 1.82) is 0 Å². The van der Waals surface area contributed by atoms with E-state index in [-0.39, 0.29) is 41.7 Å². The molecule has 0 radical (unpaired) electrons. The van der Waals surface area contributed by atoms with E-state index in [9.17, 15) is 15.0 Å². The molecule has 2 aliphatic carbocycles. The average molecular weight is 513 g/mol. The van der Waals surface area contributed by atoms with Gasteiger partial charge in [0.1, 0.15) is 11.7 Å². The summed E-state index contributed by atoms with van der Waals surface area (Å²) >= 11 is 0. The molecule has 2 aliphatic heterocycles. The highest BCUT2D eigenvalue weighted by Crippen LogP contribution is 2.60.